The monoisotopic (exact) mass is 673 g/mol. The number of hydrogen-bond donors (Lipinski definition) is 1. The number of halogens is 1. The van der Waals surface area contributed by atoms with Gasteiger partial charge in [-0.05, 0) is 60.4 Å². The summed E-state index contributed by atoms with van der Waals surface area (Å²) >= 11 is 6.18. The molecule has 10 heteroatoms. The van der Waals surface area contributed by atoms with Crippen LogP contribution in [0.2, 0.25) is 5.02 Å². The number of ether oxygens (including phenoxy) is 1. The van der Waals surface area contributed by atoms with Gasteiger partial charge in [-0.15, -0.1) is 0 Å². The van der Waals surface area contributed by atoms with Crippen molar-refractivity contribution in [1.29, 1.82) is 0 Å². The largest absolute Gasteiger partial charge is 0.497 e. The van der Waals surface area contributed by atoms with Crippen LogP contribution in [-0.2, 0) is 32.6 Å². The highest BCUT2D eigenvalue weighted by atomic mass is 35.5. The minimum Gasteiger partial charge on any atom is -0.497 e. The smallest absolute Gasteiger partial charge is 0.264 e. The Bertz CT molecular complexity index is 1730. The molecule has 4 aromatic carbocycles. The average molecular weight is 674 g/mol. The van der Waals surface area contributed by atoms with E-state index in [0.717, 1.165) is 47.5 Å². The zero-order valence-electron chi connectivity index (χ0n) is 26.4. The lowest BCUT2D eigenvalue weighted by atomic mass is 9.94. The second-order valence-corrected chi connectivity index (χ2v) is 14.0. The standard InChI is InChI=1S/C37H40ClN3O5S/c1-46-33-17-11-16-32(25-33)41(47(44,45)34-18-9-4-10-19-34)27-36(42)40(26-29-20-22-30(38)23-21-29)35(24-28-12-5-2-6-13-28)37(43)39-31-14-7-3-8-15-31/h2,4-6,9-13,16-23,25,31,35H,3,7-8,14-15,24,26-27H2,1H3,(H,39,43)/t35-/m0/s1. The van der Waals surface area contributed by atoms with Gasteiger partial charge >= 0.3 is 0 Å². The van der Waals surface area contributed by atoms with Crippen LogP contribution >= 0.6 is 11.6 Å². The molecular weight excluding hydrogens is 634 g/mol. The summed E-state index contributed by atoms with van der Waals surface area (Å²) in [7, 11) is -2.71. The predicted molar refractivity (Wildman–Crippen MR) is 185 cm³/mol. The van der Waals surface area contributed by atoms with Crippen LogP contribution < -0.4 is 14.4 Å². The van der Waals surface area contributed by atoms with E-state index in [1.807, 2.05) is 42.5 Å². The van der Waals surface area contributed by atoms with Crippen LogP contribution in [0, 0.1) is 0 Å². The fraction of sp³-hybridized carbons (Fsp3) is 0.297. The Labute approximate surface area is 282 Å². The third-order valence-corrected chi connectivity index (χ3v) is 10.5. The number of rotatable bonds is 13. The first-order valence-corrected chi connectivity index (χ1v) is 17.7. The number of benzene rings is 4. The lowest BCUT2D eigenvalue weighted by Crippen LogP contribution is -2.55. The molecule has 1 N–H and O–H groups in total. The summed E-state index contributed by atoms with van der Waals surface area (Å²) in [6, 6.07) is 30.3. The number of sulfonamides is 1. The average Bonchev–Trinajstić information content (AvgIpc) is 3.10. The van der Waals surface area contributed by atoms with Crippen molar-refractivity contribution in [1.82, 2.24) is 10.2 Å². The molecule has 0 saturated heterocycles. The van der Waals surface area contributed by atoms with Crippen LogP contribution in [0.25, 0.3) is 0 Å². The summed E-state index contributed by atoms with van der Waals surface area (Å²) in [5.74, 6) is -0.348. The normalized spacial score (nSPS) is 14.2. The zero-order chi connectivity index (χ0) is 33.2. The second-order valence-electron chi connectivity index (χ2n) is 11.7. The van der Waals surface area contributed by atoms with E-state index in [4.69, 9.17) is 16.3 Å². The lowest BCUT2D eigenvalue weighted by Gasteiger charge is -2.35. The molecule has 0 spiro atoms. The Kier molecular flexibility index (Phi) is 11.6. The summed E-state index contributed by atoms with van der Waals surface area (Å²) in [4.78, 5) is 30.4. The van der Waals surface area contributed by atoms with Gasteiger partial charge in [-0.3, -0.25) is 13.9 Å². The minimum absolute atomic E-state index is 0.0220. The third-order valence-electron chi connectivity index (χ3n) is 8.44. The number of anilines is 1. The van der Waals surface area contributed by atoms with Gasteiger partial charge in [0.15, 0.2) is 0 Å². The maximum absolute atomic E-state index is 14.6. The zero-order valence-corrected chi connectivity index (χ0v) is 28.0. The van der Waals surface area contributed by atoms with E-state index in [-0.39, 0.29) is 35.5 Å². The molecule has 0 heterocycles. The molecule has 1 aliphatic carbocycles. The van der Waals surface area contributed by atoms with Gasteiger partial charge in [-0.2, -0.15) is 0 Å². The van der Waals surface area contributed by atoms with Gasteiger partial charge in [0.1, 0.15) is 18.3 Å². The molecule has 0 radical (unpaired) electrons. The van der Waals surface area contributed by atoms with Gasteiger partial charge in [-0.25, -0.2) is 8.42 Å². The van der Waals surface area contributed by atoms with Crippen LogP contribution in [0.15, 0.2) is 114 Å². The van der Waals surface area contributed by atoms with Crippen molar-refractivity contribution >= 4 is 39.1 Å². The van der Waals surface area contributed by atoms with Crippen molar-refractivity contribution in [3.8, 4) is 5.75 Å². The molecule has 1 saturated carbocycles. The molecule has 5 rings (SSSR count). The first-order valence-electron chi connectivity index (χ1n) is 15.8. The van der Waals surface area contributed by atoms with Crippen LogP contribution in [0.4, 0.5) is 5.69 Å². The summed E-state index contributed by atoms with van der Waals surface area (Å²) < 4.78 is 34.8. The van der Waals surface area contributed by atoms with Crippen molar-refractivity contribution in [2.45, 2.75) is 62.0 Å². The van der Waals surface area contributed by atoms with Crippen molar-refractivity contribution in [3.63, 3.8) is 0 Å². The topological polar surface area (TPSA) is 96.0 Å². The summed E-state index contributed by atoms with van der Waals surface area (Å²) in [6.07, 6.45) is 5.23. The summed E-state index contributed by atoms with van der Waals surface area (Å²) in [5.41, 5.74) is 1.90. The van der Waals surface area contributed by atoms with Crippen LogP contribution in [0.3, 0.4) is 0 Å². The highest BCUT2D eigenvalue weighted by molar-refractivity contribution is 7.92. The van der Waals surface area contributed by atoms with Gasteiger partial charge in [-0.1, -0.05) is 97.6 Å². The minimum atomic E-state index is -4.20. The molecule has 0 bridgehead atoms. The molecule has 1 aliphatic rings. The molecule has 47 heavy (non-hydrogen) atoms. The molecule has 1 atom stereocenters. The van der Waals surface area contributed by atoms with Crippen LogP contribution in [-0.4, -0.2) is 50.9 Å². The first kappa shape index (κ1) is 34.0. The molecule has 4 aromatic rings. The first-order chi connectivity index (χ1) is 22.7. The van der Waals surface area contributed by atoms with Gasteiger partial charge in [0.25, 0.3) is 10.0 Å². The molecular formula is C37H40ClN3O5S. The highest BCUT2D eigenvalue weighted by Crippen LogP contribution is 2.28. The van der Waals surface area contributed by atoms with Gasteiger partial charge in [0.2, 0.25) is 11.8 Å². The lowest BCUT2D eigenvalue weighted by molar-refractivity contribution is -0.140. The van der Waals surface area contributed by atoms with Crippen LogP contribution in [0.1, 0.15) is 43.2 Å². The van der Waals surface area contributed by atoms with E-state index in [1.165, 1.54) is 24.1 Å². The molecule has 246 valence electrons. The fourth-order valence-electron chi connectivity index (χ4n) is 5.90. The highest BCUT2D eigenvalue weighted by Gasteiger charge is 2.35. The molecule has 0 aromatic heterocycles. The number of methoxy groups -OCH3 is 1. The van der Waals surface area contributed by atoms with Crippen molar-refractivity contribution in [2.75, 3.05) is 18.0 Å². The van der Waals surface area contributed by atoms with Crippen molar-refractivity contribution in [2.24, 2.45) is 0 Å². The van der Waals surface area contributed by atoms with E-state index in [0.29, 0.717) is 10.8 Å². The molecule has 8 nitrogen and oxygen atoms in total. The Morgan fingerprint density at radius 3 is 2.17 bits per heavy atom. The van der Waals surface area contributed by atoms with Gasteiger partial charge in [0.05, 0.1) is 17.7 Å². The Hall–Kier alpha value is -4.34. The van der Waals surface area contributed by atoms with E-state index in [1.54, 1.807) is 54.6 Å². The second kappa shape index (κ2) is 16.0. The van der Waals surface area contributed by atoms with E-state index in [9.17, 15) is 18.0 Å². The van der Waals surface area contributed by atoms with E-state index in [2.05, 4.69) is 5.32 Å². The number of hydrogen-bond acceptors (Lipinski definition) is 5. The molecule has 0 unspecified atom stereocenters. The van der Waals surface area contributed by atoms with E-state index >= 15 is 0 Å². The molecule has 0 aliphatic heterocycles. The number of nitrogens with one attached hydrogen (secondary N) is 1. The summed E-state index contributed by atoms with van der Waals surface area (Å²) in [5, 5.41) is 3.77. The summed E-state index contributed by atoms with van der Waals surface area (Å²) in [6.45, 7) is -0.469. The molecule has 1 fully saturated rings. The SMILES string of the molecule is COc1cccc(N(CC(=O)N(Cc2ccc(Cl)cc2)[C@@H](Cc2ccccc2)C(=O)NC2CCCCC2)S(=O)(=O)c2ccccc2)c1. The maximum Gasteiger partial charge on any atom is 0.264 e. The Morgan fingerprint density at radius 2 is 1.51 bits per heavy atom. The molecule has 2 amide bonds. The Balaban J connectivity index is 1.56. The fourth-order valence-corrected chi connectivity index (χ4v) is 7.45. The third kappa shape index (κ3) is 8.93. The van der Waals surface area contributed by atoms with Gasteiger partial charge < -0.3 is 15.0 Å². The maximum atomic E-state index is 14.6. The Morgan fingerprint density at radius 1 is 0.851 bits per heavy atom. The van der Waals surface area contributed by atoms with Crippen molar-refractivity contribution in [3.05, 3.63) is 125 Å². The number of carbonyl (C=O) groups excluding carboxylic acids is 2. The van der Waals surface area contributed by atoms with Gasteiger partial charge in [0, 0.05) is 30.1 Å². The number of nitrogens with zero attached hydrogens (tertiary/aromatic N) is 2. The number of amides is 2. The quantitative estimate of drug-likeness (QED) is 0.172. The van der Waals surface area contributed by atoms with E-state index < -0.39 is 28.5 Å². The predicted octanol–water partition coefficient (Wildman–Crippen LogP) is 6.63. The van der Waals surface area contributed by atoms with Crippen LogP contribution in [0.5, 0.6) is 5.75 Å². The van der Waals surface area contributed by atoms with Crippen molar-refractivity contribution < 1.29 is 22.7 Å². The number of carbonyl (C=O) groups is 2.